The molecule has 3 nitrogen and oxygen atoms in total. The van der Waals surface area contributed by atoms with E-state index in [1.54, 1.807) is 6.20 Å². The Labute approximate surface area is 136 Å². The second-order valence-corrected chi connectivity index (χ2v) is 5.31. The van der Waals surface area contributed by atoms with Gasteiger partial charge in [-0.2, -0.15) is 18.3 Å². The predicted molar refractivity (Wildman–Crippen MR) is 87.6 cm³/mol. The number of halogens is 3. The Kier molecular flexibility index (Phi) is 4.20. The standard InChI is InChI=1S/C18H14F3N3/c19-18(20,21)14-7-5-12(6-8-14)17(24-22)11-13-9-10-23-16-4-2-1-3-15(13)16/h1-10H,11,22H2/b24-17-. The van der Waals surface area contributed by atoms with Crippen LogP contribution in [0.3, 0.4) is 0 Å². The van der Waals surface area contributed by atoms with E-state index >= 15 is 0 Å². The van der Waals surface area contributed by atoms with Crippen molar-refractivity contribution >= 4 is 16.6 Å². The van der Waals surface area contributed by atoms with Crippen LogP contribution in [0.25, 0.3) is 10.9 Å². The molecule has 0 fully saturated rings. The van der Waals surface area contributed by atoms with Crippen molar-refractivity contribution in [2.24, 2.45) is 10.9 Å². The number of nitrogens with two attached hydrogens (primary N) is 1. The van der Waals surface area contributed by atoms with Crippen LogP contribution in [0.2, 0.25) is 0 Å². The van der Waals surface area contributed by atoms with Gasteiger partial charge < -0.3 is 5.84 Å². The highest BCUT2D eigenvalue weighted by Gasteiger charge is 2.30. The smallest absolute Gasteiger partial charge is 0.323 e. The first-order valence-electron chi connectivity index (χ1n) is 7.26. The van der Waals surface area contributed by atoms with Crippen molar-refractivity contribution in [3.63, 3.8) is 0 Å². The Morgan fingerprint density at radius 1 is 1.00 bits per heavy atom. The Morgan fingerprint density at radius 2 is 1.71 bits per heavy atom. The number of benzene rings is 2. The van der Waals surface area contributed by atoms with E-state index in [2.05, 4.69) is 10.1 Å². The van der Waals surface area contributed by atoms with Crippen LogP contribution >= 0.6 is 0 Å². The molecule has 0 saturated heterocycles. The molecule has 0 radical (unpaired) electrons. The monoisotopic (exact) mass is 329 g/mol. The summed E-state index contributed by atoms with van der Waals surface area (Å²) in [6.45, 7) is 0. The first-order chi connectivity index (χ1) is 11.5. The van der Waals surface area contributed by atoms with Crippen molar-refractivity contribution in [2.75, 3.05) is 0 Å². The third kappa shape index (κ3) is 3.22. The van der Waals surface area contributed by atoms with Crippen molar-refractivity contribution < 1.29 is 13.2 Å². The van der Waals surface area contributed by atoms with Gasteiger partial charge in [0.15, 0.2) is 0 Å². The van der Waals surface area contributed by atoms with Gasteiger partial charge in [-0.25, -0.2) is 0 Å². The maximum Gasteiger partial charge on any atom is 0.416 e. The van der Waals surface area contributed by atoms with Gasteiger partial charge in [0.05, 0.1) is 16.8 Å². The third-order valence-corrected chi connectivity index (χ3v) is 3.80. The summed E-state index contributed by atoms with van der Waals surface area (Å²) in [5.74, 6) is 5.47. The molecule has 1 heterocycles. The molecule has 3 aromatic rings. The number of fused-ring (bicyclic) bond motifs is 1. The number of hydrogen-bond donors (Lipinski definition) is 1. The summed E-state index contributed by atoms with van der Waals surface area (Å²) in [4.78, 5) is 4.29. The van der Waals surface area contributed by atoms with Crippen LogP contribution in [0.4, 0.5) is 13.2 Å². The van der Waals surface area contributed by atoms with Gasteiger partial charge in [0.2, 0.25) is 0 Å². The molecule has 0 spiro atoms. The minimum Gasteiger partial charge on any atom is -0.323 e. The topological polar surface area (TPSA) is 51.3 Å². The van der Waals surface area contributed by atoms with Gasteiger partial charge in [-0.15, -0.1) is 0 Å². The van der Waals surface area contributed by atoms with Gasteiger partial charge in [0, 0.05) is 18.0 Å². The van der Waals surface area contributed by atoms with Crippen LogP contribution in [-0.4, -0.2) is 10.7 Å². The van der Waals surface area contributed by atoms with E-state index in [0.29, 0.717) is 17.7 Å². The lowest BCUT2D eigenvalue weighted by Crippen LogP contribution is -2.10. The van der Waals surface area contributed by atoms with Gasteiger partial charge in [0.1, 0.15) is 0 Å². The van der Waals surface area contributed by atoms with Crippen LogP contribution in [0.1, 0.15) is 16.7 Å². The molecule has 6 heteroatoms. The minimum absolute atomic E-state index is 0.408. The van der Waals surface area contributed by atoms with Crippen molar-refractivity contribution in [2.45, 2.75) is 12.6 Å². The summed E-state index contributed by atoms with van der Waals surface area (Å²) >= 11 is 0. The van der Waals surface area contributed by atoms with E-state index in [4.69, 9.17) is 5.84 Å². The lowest BCUT2D eigenvalue weighted by molar-refractivity contribution is -0.137. The summed E-state index contributed by atoms with van der Waals surface area (Å²) < 4.78 is 38.0. The molecule has 0 aliphatic rings. The van der Waals surface area contributed by atoms with E-state index in [9.17, 15) is 13.2 Å². The summed E-state index contributed by atoms with van der Waals surface area (Å²) in [6.07, 6.45) is -2.26. The van der Waals surface area contributed by atoms with E-state index in [0.717, 1.165) is 28.6 Å². The average Bonchev–Trinajstić information content (AvgIpc) is 2.59. The fraction of sp³-hybridized carbons (Fsp3) is 0.111. The number of rotatable bonds is 3. The molecule has 0 aliphatic heterocycles. The van der Waals surface area contributed by atoms with Gasteiger partial charge >= 0.3 is 6.18 Å². The molecule has 0 amide bonds. The minimum atomic E-state index is -4.36. The molecule has 0 atom stereocenters. The number of alkyl halides is 3. The number of aromatic nitrogens is 1. The number of hydrazone groups is 1. The molecule has 0 bridgehead atoms. The van der Waals surface area contributed by atoms with E-state index in [-0.39, 0.29) is 0 Å². The van der Waals surface area contributed by atoms with Crippen molar-refractivity contribution in [1.29, 1.82) is 0 Å². The lowest BCUT2D eigenvalue weighted by Gasteiger charge is -2.10. The third-order valence-electron chi connectivity index (χ3n) is 3.80. The normalized spacial score (nSPS) is 12.5. The van der Waals surface area contributed by atoms with Crippen LogP contribution in [0.15, 0.2) is 65.9 Å². The summed E-state index contributed by atoms with van der Waals surface area (Å²) in [5, 5.41) is 4.73. The second kappa shape index (κ2) is 6.31. The molecule has 0 aliphatic carbocycles. The summed E-state index contributed by atoms with van der Waals surface area (Å²) in [7, 11) is 0. The Bertz CT molecular complexity index is 879. The number of nitrogens with zero attached hydrogens (tertiary/aromatic N) is 2. The van der Waals surface area contributed by atoms with Gasteiger partial charge in [0.25, 0.3) is 0 Å². The number of para-hydroxylation sites is 1. The zero-order valence-electron chi connectivity index (χ0n) is 12.6. The van der Waals surface area contributed by atoms with Gasteiger partial charge in [-0.1, -0.05) is 30.3 Å². The fourth-order valence-electron chi connectivity index (χ4n) is 2.56. The van der Waals surface area contributed by atoms with Crippen LogP contribution < -0.4 is 5.84 Å². The van der Waals surface area contributed by atoms with E-state index < -0.39 is 11.7 Å². The Balaban J connectivity index is 1.92. The molecule has 122 valence electrons. The maximum absolute atomic E-state index is 12.7. The van der Waals surface area contributed by atoms with E-state index in [1.165, 1.54) is 12.1 Å². The predicted octanol–water partition coefficient (Wildman–Crippen LogP) is 4.16. The molecule has 24 heavy (non-hydrogen) atoms. The molecule has 3 rings (SSSR count). The fourth-order valence-corrected chi connectivity index (χ4v) is 2.56. The molecular formula is C18H14F3N3. The molecular weight excluding hydrogens is 315 g/mol. The highest BCUT2D eigenvalue weighted by atomic mass is 19.4. The first kappa shape index (κ1) is 16.0. The highest BCUT2D eigenvalue weighted by molar-refractivity contribution is 6.03. The lowest BCUT2D eigenvalue weighted by atomic mass is 9.98. The largest absolute Gasteiger partial charge is 0.416 e. The SMILES string of the molecule is N/N=C(/Cc1ccnc2ccccc12)c1ccc(C(F)(F)F)cc1. The summed E-state index contributed by atoms with van der Waals surface area (Å²) in [5.41, 5.74) is 2.19. The first-order valence-corrected chi connectivity index (χ1v) is 7.26. The van der Waals surface area contributed by atoms with Crippen LogP contribution in [0.5, 0.6) is 0 Å². The zero-order valence-corrected chi connectivity index (χ0v) is 12.6. The Hall–Kier alpha value is -2.89. The molecule has 0 saturated carbocycles. The van der Waals surface area contributed by atoms with Crippen molar-refractivity contribution in [3.8, 4) is 0 Å². The molecule has 0 unspecified atom stereocenters. The van der Waals surface area contributed by atoms with Crippen molar-refractivity contribution in [1.82, 2.24) is 4.98 Å². The number of pyridine rings is 1. The summed E-state index contributed by atoms with van der Waals surface area (Å²) in [6, 6.07) is 14.3. The number of hydrogen-bond acceptors (Lipinski definition) is 3. The second-order valence-electron chi connectivity index (χ2n) is 5.31. The van der Waals surface area contributed by atoms with E-state index in [1.807, 2.05) is 30.3 Å². The maximum atomic E-state index is 12.7. The molecule has 1 aromatic heterocycles. The highest BCUT2D eigenvalue weighted by Crippen LogP contribution is 2.29. The average molecular weight is 329 g/mol. The Morgan fingerprint density at radius 3 is 2.38 bits per heavy atom. The zero-order chi connectivity index (χ0) is 17.2. The quantitative estimate of drug-likeness (QED) is 0.446. The molecule has 2 aromatic carbocycles. The van der Waals surface area contributed by atoms with Crippen LogP contribution in [-0.2, 0) is 12.6 Å². The van der Waals surface area contributed by atoms with Crippen molar-refractivity contribution in [3.05, 3.63) is 77.5 Å². The van der Waals surface area contributed by atoms with Crippen LogP contribution in [0, 0.1) is 0 Å². The van der Waals surface area contributed by atoms with Gasteiger partial charge in [-0.05, 0) is 35.4 Å². The van der Waals surface area contributed by atoms with Gasteiger partial charge in [-0.3, -0.25) is 4.98 Å². The molecule has 2 N–H and O–H groups in total.